The Balaban J connectivity index is 2.42. The van der Waals surface area contributed by atoms with E-state index in [1.165, 1.54) is 6.08 Å². The van der Waals surface area contributed by atoms with E-state index in [0.717, 1.165) is 23.0 Å². The molecule has 0 fully saturated rings. The van der Waals surface area contributed by atoms with Crippen LogP contribution < -0.4 is 0 Å². The number of carboxylic acid groups (broad SMARTS) is 1. The number of aliphatic carboxylic acids is 1. The summed E-state index contributed by atoms with van der Waals surface area (Å²) in [5.74, 6) is -0.520. The third-order valence-corrected chi connectivity index (χ3v) is 2.75. The first kappa shape index (κ1) is 12.4. The van der Waals surface area contributed by atoms with Gasteiger partial charge in [-0.25, -0.2) is 9.78 Å². The molecule has 1 heterocycles. The minimum atomic E-state index is -1.01. The molecule has 92 valence electrons. The number of nitrogens with zero attached hydrogens (tertiary/aromatic N) is 1. The summed E-state index contributed by atoms with van der Waals surface area (Å²) >= 11 is 6.10. The van der Waals surface area contributed by atoms with Crippen molar-refractivity contribution >= 4 is 23.6 Å². The number of aromatic amines is 1. The van der Waals surface area contributed by atoms with Crippen molar-refractivity contribution in [3.8, 4) is 11.3 Å². The highest BCUT2D eigenvalue weighted by atomic mass is 35.5. The van der Waals surface area contributed by atoms with Gasteiger partial charge in [0, 0.05) is 17.3 Å². The van der Waals surface area contributed by atoms with Gasteiger partial charge < -0.3 is 10.1 Å². The van der Waals surface area contributed by atoms with Crippen molar-refractivity contribution in [3.05, 3.63) is 46.9 Å². The predicted octanol–water partition coefficient (Wildman–Crippen LogP) is 3.14. The molecule has 5 heteroatoms. The van der Waals surface area contributed by atoms with Crippen LogP contribution >= 0.6 is 11.6 Å². The fourth-order valence-corrected chi connectivity index (χ4v) is 1.85. The largest absolute Gasteiger partial charge is 0.478 e. The molecule has 0 radical (unpaired) electrons. The van der Waals surface area contributed by atoms with Crippen molar-refractivity contribution in [2.45, 2.75) is 6.92 Å². The van der Waals surface area contributed by atoms with Gasteiger partial charge in [-0.05, 0) is 19.1 Å². The highest BCUT2D eigenvalue weighted by molar-refractivity contribution is 6.33. The van der Waals surface area contributed by atoms with Crippen molar-refractivity contribution in [1.82, 2.24) is 9.97 Å². The molecule has 18 heavy (non-hydrogen) atoms. The van der Waals surface area contributed by atoms with Crippen LogP contribution in [0.3, 0.4) is 0 Å². The fraction of sp³-hybridized carbons (Fsp3) is 0.0769. The van der Waals surface area contributed by atoms with Gasteiger partial charge in [-0.3, -0.25) is 0 Å². The number of hydrogen-bond acceptors (Lipinski definition) is 2. The Labute approximate surface area is 109 Å². The third-order valence-electron chi connectivity index (χ3n) is 2.42. The molecule has 0 aliphatic rings. The Bertz CT molecular complexity index is 617. The number of aryl methyl sites for hydroxylation is 1. The predicted molar refractivity (Wildman–Crippen MR) is 70.4 cm³/mol. The fourth-order valence-electron chi connectivity index (χ4n) is 1.63. The maximum absolute atomic E-state index is 10.4. The topological polar surface area (TPSA) is 66.0 Å². The van der Waals surface area contributed by atoms with Gasteiger partial charge >= 0.3 is 5.97 Å². The lowest BCUT2D eigenvalue weighted by Crippen LogP contribution is -1.86. The molecular formula is C13H11ClN2O2. The Morgan fingerprint density at radius 2 is 2.17 bits per heavy atom. The molecule has 0 saturated heterocycles. The van der Waals surface area contributed by atoms with Crippen molar-refractivity contribution in [2.75, 3.05) is 0 Å². The van der Waals surface area contributed by atoms with Crippen LogP contribution in [0.2, 0.25) is 5.02 Å². The van der Waals surface area contributed by atoms with Gasteiger partial charge in [0.15, 0.2) is 0 Å². The monoisotopic (exact) mass is 262 g/mol. The van der Waals surface area contributed by atoms with Crippen molar-refractivity contribution in [1.29, 1.82) is 0 Å². The second-order valence-electron chi connectivity index (χ2n) is 3.75. The first-order valence-corrected chi connectivity index (χ1v) is 5.68. The maximum atomic E-state index is 10.4. The molecule has 0 aliphatic carbocycles. The van der Waals surface area contributed by atoms with Crippen LogP contribution in [0.25, 0.3) is 17.3 Å². The summed E-state index contributed by atoms with van der Waals surface area (Å²) in [6.45, 7) is 1.86. The van der Waals surface area contributed by atoms with Gasteiger partial charge in [-0.2, -0.15) is 0 Å². The summed E-state index contributed by atoms with van der Waals surface area (Å²) < 4.78 is 0. The summed E-state index contributed by atoms with van der Waals surface area (Å²) in [7, 11) is 0. The number of halogens is 1. The second-order valence-corrected chi connectivity index (χ2v) is 4.15. The number of nitrogens with one attached hydrogen (secondary N) is 1. The van der Waals surface area contributed by atoms with E-state index in [-0.39, 0.29) is 0 Å². The molecule has 2 aromatic rings. The number of H-pyrrole nitrogens is 1. The number of aromatic nitrogens is 2. The molecule has 0 amide bonds. The van der Waals surface area contributed by atoms with E-state index < -0.39 is 5.97 Å². The van der Waals surface area contributed by atoms with E-state index in [1.54, 1.807) is 6.07 Å². The van der Waals surface area contributed by atoms with Crippen molar-refractivity contribution in [2.24, 2.45) is 0 Å². The number of benzene rings is 1. The molecule has 0 saturated carbocycles. The number of carbonyl (C=O) groups is 1. The highest BCUT2D eigenvalue weighted by Gasteiger charge is 2.10. The molecular weight excluding hydrogens is 252 g/mol. The summed E-state index contributed by atoms with van der Waals surface area (Å²) in [6, 6.07) is 7.38. The van der Waals surface area contributed by atoms with E-state index in [2.05, 4.69) is 9.97 Å². The van der Waals surface area contributed by atoms with Crippen molar-refractivity contribution in [3.63, 3.8) is 0 Å². The Hall–Kier alpha value is -2.07. The number of hydrogen-bond donors (Lipinski definition) is 2. The van der Waals surface area contributed by atoms with E-state index >= 15 is 0 Å². The minimum absolute atomic E-state index is 0.491. The number of rotatable bonds is 3. The molecule has 4 nitrogen and oxygen atoms in total. The van der Waals surface area contributed by atoms with Gasteiger partial charge in [-0.15, -0.1) is 0 Å². The molecule has 0 bridgehead atoms. The highest BCUT2D eigenvalue weighted by Crippen LogP contribution is 2.28. The first-order chi connectivity index (χ1) is 8.58. The molecule has 0 spiro atoms. The normalized spacial score (nSPS) is 11.0. The molecule has 2 N–H and O–H groups in total. The van der Waals surface area contributed by atoms with Crippen molar-refractivity contribution < 1.29 is 9.90 Å². The Kier molecular flexibility index (Phi) is 3.48. The quantitative estimate of drug-likeness (QED) is 0.835. The Morgan fingerprint density at radius 1 is 1.44 bits per heavy atom. The zero-order chi connectivity index (χ0) is 13.1. The first-order valence-electron chi connectivity index (χ1n) is 5.30. The molecule has 1 aromatic carbocycles. The van der Waals surface area contributed by atoms with Crippen LogP contribution in [-0.2, 0) is 4.79 Å². The molecule has 1 aromatic heterocycles. The standard InChI is InChI=1S/C13H11ClN2O2/c1-8-13(9-4-2-3-5-10(9)14)16-11(15-8)6-7-12(17)18/h2-7H,1H3,(H,15,16)(H,17,18)/b7-6+. The molecule has 0 atom stereocenters. The smallest absolute Gasteiger partial charge is 0.328 e. The van der Waals surface area contributed by atoms with E-state index in [0.29, 0.717) is 10.8 Å². The van der Waals surface area contributed by atoms with Crippen LogP contribution in [0.4, 0.5) is 0 Å². The van der Waals surface area contributed by atoms with Crippen LogP contribution in [0.15, 0.2) is 30.3 Å². The van der Waals surface area contributed by atoms with Gasteiger partial charge in [0.05, 0.1) is 10.7 Å². The zero-order valence-electron chi connectivity index (χ0n) is 9.64. The van der Waals surface area contributed by atoms with Gasteiger partial charge in [0.1, 0.15) is 5.82 Å². The summed E-state index contributed by atoms with van der Waals surface area (Å²) in [5.41, 5.74) is 2.39. The lowest BCUT2D eigenvalue weighted by Gasteiger charge is -2.00. The maximum Gasteiger partial charge on any atom is 0.328 e. The number of imidazole rings is 1. The van der Waals surface area contributed by atoms with Crippen LogP contribution in [-0.4, -0.2) is 21.0 Å². The van der Waals surface area contributed by atoms with Gasteiger partial charge in [-0.1, -0.05) is 29.8 Å². The zero-order valence-corrected chi connectivity index (χ0v) is 10.4. The van der Waals surface area contributed by atoms with Crippen LogP contribution in [0.1, 0.15) is 11.5 Å². The number of carboxylic acids is 1. The summed E-state index contributed by atoms with van der Waals surface area (Å²) in [4.78, 5) is 17.8. The molecule has 0 aliphatic heterocycles. The van der Waals surface area contributed by atoms with Gasteiger partial charge in [0.2, 0.25) is 0 Å². The molecule has 2 rings (SSSR count). The second kappa shape index (κ2) is 5.06. The lowest BCUT2D eigenvalue weighted by atomic mass is 10.1. The SMILES string of the molecule is Cc1[nH]c(/C=C/C(=O)O)nc1-c1ccccc1Cl. The Morgan fingerprint density at radius 3 is 2.83 bits per heavy atom. The summed E-state index contributed by atoms with van der Waals surface area (Å²) in [6.07, 6.45) is 2.45. The van der Waals surface area contributed by atoms with E-state index in [4.69, 9.17) is 16.7 Å². The minimum Gasteiger partial charge on any atom is -0.478 e. The van der Waals surface area contributed by atoms with E-state index in [1.807, 2.05) is 25.1 Å². The average molecular weight is 263 g/mol. The average Bonchev–Trinajstić information content (AvgIpc) is 2.69. The lowest BCUT2D eigenvalue weighted by molar-refractivity contribution is -0.131. The van der Waals surface area contributed by atoms with E-state index in [9.17, 15) is 4.79 Å². The third kappa shape index (κ3) is 2.60. The van der Waals surface area contributed by atoms with Crippen LogP contribution in [0.5, 0.6) is 0 Å². The molecule has 0 unspecified atom stereocenters. The van der Waals surface area contributed by atoms with Crippen LogP contribution in [0, 0.1) is 6.92 Å². The van der Waals surface area contributed by atoms with Gasteiger partial charge in [0.25, 0.3) is 0 Å². The summed E-state index contributed by atoms with van der Waals surface area (Å²) in [5, 5.41) is 9.17.